The van der Waals surface area contributed by atoms with E-state index in [1.165, 1.54) is 16.5 Å². The van der Waals surface area contributed by atoms with Crippen LogP contribution in [-0.4, -0.2) is 4.98 Å². The minimum atomic E-state index is 0.966. The van der Waals surface area contributed by atoms with Crippen LogP contribution in [0, 0.1) is 0 Å². The Labute approximate surface area is 101 Å². The molecule has 1 aromatic heterocycles. The monoisotopic (exact) mass is 219 g/mol. The van der Waals surface area contributed by atoms with Crippen molar-refractivity contribution in [1.82, 2.24) is 4.98 Å². The zero-order chi connectivity index (χ0) is 11.5. The molecule has 0 amide bonds. The van der Waals surface area contributed by atoms with Crippen molar-refractivity contribution in [3.8, 4) is 0 Å². The molecule has 0 atom stereocenters. The van der Waals surface area contributed by atoms with Gasteiger partial charge in [-0.2, -0.15) is 0 Å². The van der Waals surface area contributed by atoms with Crippen LogP contribution in [0.3, 0.4) is 0 Å². The molecule has 0 aliphatic carbocycles. The van der Waals surface area contributed by atoms with Gasteiger partial charge in [0.2, 0.25) is 0 Å². The van der Waals surface area contributed by atoms with E-state index in [1.54, 1.807) is 0 Å². The number of hydrogen-bond acceptors (Lipinski definition) is 1. The van der Waals surface area contributed by atoms with E-state index in [1.807, 2.05) is 18.3 Å². The molecule has 0 unspecified atom stereocenters. The highest BCUT2D eigenvalue weighted by atomic mass is 14.6. The SMILES string of the molecule is c1ccc(Cc2ccc3cccnc3c2)cc1. The first-order chi connectivity index (χ1) is 8.42. The number of nitrogens with zero attached hydrogens (tertiary/aromatic N) is 1. The lowest BCUT2D eigenvalue weighted by Gasteiger charge is -2.03. The molecule has 3 aromatic rings. The highest BCUT2D eigenvalue weighted by Crippen LogP contribution is 2.16. The van der Waals surface area contributed by atoms with Gasteiger partial charge in [-0.15, -0.1) is 0 Å². The molecule has 1 nitrogen and oxygen atoms in total. The molecule has 0 fully saturated rings. The Morgan fingerprint density at radius 2 is 1.65 bits per heavy atom. The zero-order valence-electron chi connectivity index (χ0n) is 9.51. The van der Waals surface area contributed by atoms with Gasteiger partial charge in [0.25, 0.3) is 0 Å². The zero-order valence-corrected chi connectivity index (χ0v) is 9.51. The van der Waals surface area contributed by atoms with Gasteiger partial charge in [-0.25, -0.2) is 0 Å². The number of aromatic nitrogens is 1. The van der Waals surface area contributed by atoms with E-state index in [-0.39, 0.29) is 0 Å². The quantitative estimate of drug-likeness (QED) is 0.638. The van der Waals surface area contributed by atoms with E-state index < -0.39 is 0 Å². The summed E-state index contributed by atoms with van der Waals surface area (Å²) >= 11 is 0. The van der Waals surface area contributed by atoms with Gasteiger partial charge in [-0.05, 0) is 29.7 Å². The van der Waals surface area contributed by atoms with Crippen molar-refractivity contribution in [1.29, 1.82) is 0 Å². The summed E-state index contributed by atoms with van der Waals surface area (Å²) in [7, 11) is 0. The molecular weight excluding hydrogens is 206 g/mol. The molecule has 0 bridgehead atoms. The summed E-state index contributed by atoms with van der Waals surface area (Å²) in [4.78, 5) is 4.38. The van der Waals surface area contributed by atoms with Gasteiger partial charge in [-0.3, -0.25) is 4.98 Å². The summed E-state index contributed by atoms with van der Waals surface area (Å²) in [5.74, 6) is 0. The molecule has 0 radical (unpaired) electrons. The van der Waals surface area contributed by atoms with Crippen LogP contribution in [0.25, 0.3) is 10.9 Å². The van der Waals surface area contributed by atoms with Gasteiger partial charge >= 0.3 is 0 Å². The summed E-state index contributed by atoms with van der Waals surface area (Å²) in [6.07, 6.45) is 2.81. The Morgan fingerprint density at radius 3 is 2.53 bits per heavy atom. The van der Waals surface area contributed by atoms with Crippen molar-refractivity contribution in [3.05, 3.63) is 78.0 Å². The fourth-order valence-corrected chi connectivity index (χ4v) is 2.05. The van der Waals surface area contributed by atoms with Crippen molar-refractivity contribution in [3.63, 3.8) is 0 Å². The van der Waals surface area contributed by atoms with Crippen molar-refractivity contribution in [2.45, 2.75) is 6.42 Å². The van der Waals surface area contributed by atoms with E-state index in [0.29, 0.717) is 0 Å². The molecule has 0 saturated heterocycles. The Balaban J connectivity index is 1.96. The molecule has 0 aliphatic rings. The topological polar surface area (TPSA) is 12.9 Å². The molecule has 0 N–H and O–H groups in total. The van der Waals surface area contributed by atoms with Gasteiger partial charge < -0.3 is 0 Å². The first kappa shape index (κ1) is 10.0. The second-order valence-electron chi connectivity index (χ2n) is 4.19. The number of benzene rings is 2. The smallest absolute Gasteiger partial charge is 0.0704 e. The second-order valence-corrected chi connectivity index (χ2v) is 4.19. The van der Waals surface area contributed by atoms with Crippen LogP contribution in [-0.2, 0) is 6.42 Å². The molecule has 3 rings (SSSR count). The first-order valence-electron chi connectivity index (χ1n) is 5.79. The number of hydrogen-bond donors (Lipinski definition) is 0. The van der Waals surface area contributed by atoms with Crippen molar-refractivity contribution >= 4 is 10.9 Å². The number of pyridine rings is 1. The predicted molar refractivity (Wildman–Crippen MR) is 71.0 cm³/mol. The Morgan fingerprint density at radius 1 is 0.765 bits per heavy atom. The normalized spacial score (nSPS) is 10.6. The molecule has 2 aromatic carbocycles. The van der Waals surface area contributed by atoms with Gasteiger partial charge in [0.05, 0.1) is 5.52 Å². The lowest BCUT2D eigenvalue weighted by atomic mass is 10.0. The van der Waals surface area contributed by atoms with Gasteiger partial charge in [-0.1, -0.05) is 48.5 Å². The predicted octanol–water partition coefficient (Wildman–Crippen LogP) is 3.83. The number of rotatable bonds is 2. The minimum Gasteiger partial charge on any atom is -0.256 e. The highest BCUT2D eigenvalue weighted by Gasteiger charge is 1.98. The molecule has 1 heteroatoms. The van der Waals surface area contributed by atoms with Gasteiger partial charge in [0.1, 0.15) is 0 Å². The summed E-state index contributed by atoms with van der Waals surface area (Å²) in [6.45, 7) is 0. The summed E-state index contributed by atoms with van der Waals surface area (Å²) < 4.78 is 0. The average molecular weight is 219 g/mol. The Hall–Kier alpha value is -2.15. The first-order valence-corrected chi connectivity index (χ1v) is 5.79. The van der Waals surface area contributed by atoms with E-state index in [9.17, 15) is 0 Å². The molecule has 1 heterocycles. The van der Waals surface area contributed by atoms with Crippen LogP contribution >= 0.6 is 0 Å². The third-order valence-corrected chi connectivity index (χ3v) is 2.92. The third-order valence-electron chi connectivity index (χ3n) is 2.92. The maximum absolute atomic E-state index is 4.38. The molecule has 0 aliphatic heterocycles. The lowest BCUT2D eigenvalue weighted by Crippen LogP contribution is -1.88. The molecule has 0 spiro atoms. The van der Waals surface area contributed by atoms with Gasteiger partial charge in [0.15, 0.2) is 0 Å². The maximum Gasteiger partial charge on any atom is 0.0704 e. The third kappa shape index (κ3) is 2.18. The second kappa shape index (κ2) is 4.38. The van der Waals surface area contributed by atoms with Crippen LogP contribution in [0.1, 0.15) is 11.1 Å². The minimum absolute atomic E-state index is 0.966. The molecule has 17 heavy (non-hydrogen) atoms. The van der Waals surface area contributed by atoms with Gasteiger partial charge in [0, 0.05) is 11.6 Å². The van der Waals surface area contributed by atoms with Crippen molar-refractivity contribution in [2.24, 2.45) is 0 Å². The Kier molecular flexibility index (Phi) is 2.59. The maximum atomic E-state index is 4.38. The van der Waals surface area contributed by atoms with E-state index in [2.05, 4.69) is 53.5 Å². The van der Waals surface area contributed by atoms with Crippen LogP contribution in [0.4, 0.5) is 0 Å². The van der Waals surface area contributed by atoms with Crippen LogP contribution in [0.2, 0.25) is 0 Å². The average Bonchev–Trinajstić information content (AvgIpc) is 2.40. The van der Waals surface area contributed by atoms with Crippen LogP contribution in [0.5, 0.6) is 0 Å². The molecular formula is C16H13N. The Bertz CT molecular complexity index is 629. The molecule has 0 saturated carbocycles. The van der Waals surface area contributed by atoms with E-state index in [0.717, 1.165) is 11.9 Å². The van der Waals surface area contributed by atoms with Crippen molar-refractivity contribution < 1.29 is 0 Å². The largest absolute Gasteiger partial charge is 0.256 e. The number of fused-ring (bicyclic) bond motifs is 1. The van der Waals surface area contributed by atoms with Crippen molar-refractivity contribution in [2.75, 3.05) is 0 Å². The molecule has 82 valence electrons. The summed E-state index contributed by atoms with van der Waals surface area (Å²) in [5.41, 5.74) is 3.71. The highest BCUT2D eigenvalue weighted by molar-refractivity contribution is 5.78. The summed E-state index contributed by atoms with van der Waals surface area (Å²) in [6, 6.07) is 21.1. The fraction of sp³-hybridized carbons (Fsp3) is 0.0625. The lowest BCUT2D eigenvalue weighted by molar-refractivity contribution is 1.19. The van der Waals surface area contributed by atoms with E-state index in [4.69, 9.17) is 0 Å². The van der Waals surface area contributed by atoms with Crippen LogP contribution < -0.4 is 0 Å². The summed E-state index contributed by atoms with van der Waals surface area (Å²) in [5, 5.41) is 1.20. The standard InChI is InChI=1S/C16H13N/c1-2-5-13(6-3-1)11-14-8-9-15-7-4-10-17-16(15)12-14/h1-10,12H,11H2. The fourth-order valence-electron chi connectivity index (χ4n) is 2.05. The van der Waals surface area contributed by atoms with Crippen LogP contribution in [0.15, 0.2) is 66.9 Å². The van der Waals surface area contributed by atoms with E-state index >= 15 is 0 Å².